The molecule has 0 radical (unpaired) electrons. The molecule has 0 aliphatic carbocycles. The van der Waals surface area contributed by atoms with E-state index in [1.165, 1.54) is 28.3 Å². The van der Waals surface area contributed by atoms with Crippen molar-refractivity contribution in [1.82, 2.24) is 0 Å². The first-order chi connectivity index (χ1) is 25.9. The first kappa shape index (κ1) is 47.8. The van der Waals surface area contributed by atoms with Gasteiger partial charge in [-0.15, -0.1) is 0 Å². The summed E-state index contributed by atoms with van der Waals surface area (Å²) in [5, 5.41) is 24.1. The molecule has 0 aromatic heterocycles. The molecule has 1 aromatic rings. The van der Waals surface area contributed by atoms with E-state index in [2.05, 4.69) is 94.5 Å². The fourth-order valence-electron chi connectivity index (χ4n) is 8.17. The zero-order valence-electron chi connectivity index (χ0n) is 37.5. The van der Waals surface area contributed by atoms with Gasteiger partial charge in [-0.3, -0.25) is 4.79 Å². The van der Waals surface area contributed by atoms with Crippen LogP contribution in [0.3, 0.4) is 0 Å². The molecule has 3 fully saturated rings. The molecule has 56 heavy (non-hydrogen) atoms. The Morgan fingerprint density at radius 2 is 1.54 bits per heavy atom. The minimum atomic E-state index is -2.08. The van der Waals surface area contributed by atoms with Crippen LogP contribution >= 0.6 is 0 Å². The summed E-state index contributed by atoms with van der Waals surface area (Å²) in [6, 6.07) is 4.79. The van der Waals surface area contributed by atoms with Gasteiger partial charge in [0.2, 0.25) is 0 Å². The van der Waals surface area contributed by atoms with Gasteiger partial charge in [0.05, 0.1) is 7.11 Å². The van der Waals surface area contributed by atoms with Crippen LogP contribution in [0.5, 0.6) is 0 Å². The van der Waals surface area contributed by atoms with Crippen LogP contribution in [-0.4, -0.2) is 108 Å². The Bertz CT molecular complexity index is 1400. The predicted octanol–water partition coefficient (Wildman–Crippen LogP) is 8.51. The molecule has 1 aromatic carbocycles. The molecule has 3 aliphatic heterocycles. The van der Waals surface area contributed by atoms with Crippen LogP contribution < -0.4 is 4.46 Å². The molecule has 0 saturated carbocycles. The van der Waals surface area contributed by atoms with Crippen molar-refractivity contribution in [3.05, 3.63) is 28.8 Å². The minimum absolute atomic E-state index is 0.0489. The molecular formula is C45H78O9SeSi. The van der Waals surface area contributed by atoms with Crippen molar-refractivity contribution in [2.24, 2.45) is 5.92 Å². The van der Waals surface area contributed by atoms with Crippen LogP contribution in [0.25, 0.3) is 0 Å². The van der Waals surface area contributed by atoms with Gasteiger partial charge in [-0.2, -0.15) is 0 Å². The van der Waals surface area contributed by atoms with Crippen LogP contribution in [0.1, 0.15) is 162 Å². The summed E-state index contributed by atoms with van der Waals surface area (Å²) in [6.07, 6.45) is 1.25. The van der Waals surface area contributed by atoms with Crippen molar-refractivity contribution < 1.29 is 43.1 Å². The van der Waals surface area contributed by atoms with E-state index in [1.807, 2.05) is 13.8 Å². The van der Waals surface area contributed by atoms with Gasteiger partial charge < -0.3 is 4.74 Å². The fraction of sp³-hybridized carbons (Fsp3) is 0.844. The van der Waals surface area contributed by atoms with E-state index in [0.717, 1.165) is 12.8 Å². The van der Waals surface area contributed by atoms with E-state index in [0.29, 0.717) is 50.0 Å². The van der Waals surface area contributed by atoms with E-state index in [1.54, 1.807) is 0 Å². The molecule has 3 heterocycles. The average Bonchev–Trinajstić information content (AvgIpc) is 3.45. The second-order valence-electron chi connectivity index (χ2n) is 20.0. The Balaban J connectivity index is 1.57. The van der Waals surface area contributed by atoms with Crippen LogP contribution in [0.15, 0.2) is 12.1 Å². The van der Waals surface area contributed by atoms with Gasteiger partial charge in [0, 0.05) is 0 Å². The number of esters is 1. The Morgan fingerprint density at radius 3 is 2.05 bits per heavy atom. The van der Waals surface area contributed by atoms with Crippen molar-refractivity contribution in [3.8, 4) is 0 Å². The number of methoxy groups -OCH3 is 1. The molecular weight excluding hydrogens is 792 g/mol. The fourth-order valence-corrected chi connectivity index (χ4v) is 13.3. The SMILES string of the molecule is COC(=O)C[C@H]1C[C@H](O[Si](C)(C)C(C)(C)C)C[C@@H](C[C@H](O)C[C@H]2O[C@H]([C@@H]([Se]c3c(C(C)C)cc(C(C)C)cc3C(C)C)[C@@H](O)[C@H]3COC(C)(C)O3)CC[C@@H]2C)O1. The maximum atomic E-state index is 12.3. The second kappa shape index (κ2) is 19.7. The van der Waals surface area contributed by atoms with Crippen molar-refractivity contribution in [2.45, 2.75) is 223 Å². The number of hydrogen-bond acceptors (Lipinski definition) is 9. The topological polar surface area (TPSA) is 113 Å². The van der Waals surface area contributed by atoms with E-state index >= 15 is 0 Å². The molecule has 10 atom stereocenters. The van der Waals surface area contributed by atoms with Crippen molar-refractivity contribution >= 4 is 33.7 Å². The van der Waals surface area contributed by atoms with E-state index < -0.39 is 32.4 Å². The number of ether oxygens (including phenoxy) is 5. The van der Waals surface area contributed by atoms with E-state index in [9.17, 15) is 15.0 Å². The van der Waals surface area contributed by atoms with Crippen molar-refractivity contribution in [2.75, 3.05) is 13.7 Å². The van der Waals surface area contributed by atoms with Crippen molar-refractivity contribution in [3.63, 3.8) is 0 Å². The summed E-state index contributed by atoms with van der Waals surface area (Å²) in [5.74, 6) is 0.278. The molecule has 322 valence electrons. The zero-order chi connectivity index (χ0) is 41.9. The Hall–Kier alpha value is -0.854. The number of carbonyl (C=O) groups excluding carboxylic acids is 1. The molecule has 9 nitrogen and oxygen atoms in total. The summed E-state index contributed by atoms with van der Waals surface area (Å²) in [7, 11) is -0.670. The number of benzene rings is 1. The predicted molar refractivity (Wildman–Crippen MR) is 228 cm³/mol. The number of carbonyl (C=O) groups is 1. The summed E-state index contributed by atoms with van der Waals surface area (Å²) < 4.78 is 39.1. The molecule has 3 saturated heterocycles. The summed E-state index contributed by atoms with van der Waals surface area (Å²) in [4.78, 5) is 12.2. The molecule has 0 amide bonds. The Morgan fingerprint density at radius 1 is 0.929 bits per heavy atom. The third-order valence-electron chi connectivity index (χ3n) is 12.7. The van der Waals surface area contributed by atoms with Gasteiger partial charge in [-0.1, -0.05) is 20.8 Å². The van der Waals surface area contributed by atoms with Crippen LogP contribution in [-0.2, 0) is 32.9 Å². The molecule has 0 unspecified atom stereocenters. The molecule has 0 bridgehead atoms. The van der Waals surface area contributed by atoms with Gasteiger partial charge in [0.25, 0.3) is 0 Å². The number of aliphatic hydroxyl groups excluding tert-OH is 2. The molecule has 4 rings (SSSR count). The van der Waals surface area contributed by atoms with Gasteiger partial charge >= 0.3 is 293 Å². The monoisotopic (exact) mass is 870 g/mol. The maximum absolute atomic E-state index is 12.3. The molecule has 2 N–H and O–H groups in total. The molecule has 11 heteroatoms. The summed E-state index contributed by atoms with van der Waals surface area (Å²) in [5.41, 5.74) is 4.09. The van der Waals surface area contributed by atoms with Crippen LogP contribution in [0.4, 0.5) is 0 Å². The number of rotatable bonds is 16. The second-order valence-corrected chi connectivity index (χ2v) is 27.2. The quantitative estimate of drug-likeness (QED) is 0.125. The van der Waals surface area contributed by atoms with Gasteiger partial charge in [0.15, 0.2) is 0 Å². The summed E-state index contributed by atoms with van der Waals surface area (Å²) in [6.45, 7) is 31.2. The van der Waals surface area contributed by atoms with E-state index in [4.69, 9.17) is 28.1 Å². The first-order valence-corrected chi connectivity index (χ1v) is 26.2. The first-order valence-electron chi connectivity index (χ1n) is 21.5. The number of aliphatic hydroxyl groups is 2. The Labute approximate surface area is 347 Å². The zero-order valence-corrected chi connectivity index (χ0v) is 40.2. The third-order valence-corrected chi connectivity index (χ3v) is 20.5. The molecule has 3 aliphatic rings. The molecule has 0 spiro atoms. The van der Waals surface area contributed by atoms with Gasteiger partial charge in [0.1, 0.15) is 0 Å². The van der Waals surface area contributed by atoms with Crippen LogP contribution in [0, 0.1) is 5.92 Å². The van der Waals surface area contributed by atoms with Gasteiger partial charge in [-0.25, -0.2) is 0 Å². The third kappa shape index (κ3) is 12.6. The van der Waals surface area contributed by atoms with Crippen molar-refractivity contribution in [1.29, 1.82) is 0 Å². The van der Waals surface area contributed by atoms with E-state index in [-0.39, 0.29) is 73.6 Å². The summed E-state index contributed by atoms with van der Waals surface area (Å²) >= 11 is -0.137. The average molecular weight is 870 g/mol. The normalized spacial score (nSPS) is 29.2. The van der Waals surface area contributed by atoms with Crippen LogP contribution in [0.2, 0.25) is 22.9 Å². The van der Waals surface area contributed by atoms with Gasteiger partial charge in [-0.05, 0) is 18.1 Å². The number of hydrogen-bond donors (Lipinski definition) is 2. The Kier molecular flexibility index (Phi) is 16.8. The standard InChI is InChI=1S/C45H78O9SeSi/c1-26(2)30-18-35(27(3)4)42(36(19-30)28(5)6)55-43(41(48)39-25-50-45(11,12)53-39)37-17-16-29(7)38(52-37)21-31(46)20-32-22-34(54-56(14,15)44(8,9)10)23-33(51-32)24-40(47)49-13/h18-19,26-29,31-34,37-39,41,43,46,48H,16-17,20-25H2,1-15H3/t29-,31-,32+,33+,34+,37-,38+,39+,41-,43+/m0/s1.